The Bertz CT molecular complexity index is 341. The molecule has 3 nitrogen and oxygen atoms in total. The van der Waals surface area contributed by atoms with Crippen LogP contribution in [0.3, 0.4) is 0 Å². The third-order valence-electron chi connectivity index (χ3n) is 2.16. The van der Waals surface area contributed by atoms with Crippen molar-refractivity contribution in [2.45, 2.75) is 26.2 Å². The van der Waals surface area contributed by atoms with Crippen LogP contribution in [0.4, 0.5) is 0 Å². The van der Waals surface area contributed by atoms with Gasteiger partial charge in [0.25, 0.3) is 0 Å². The molecule has 3 heteroatoms. The minimum atomic E-state index is 0.155. The van der Waals surface area contributed by atoms with Crippen LogP contribution in [0.25, 0.3) is 0 Å². The van der Waals surface area contributed by atoms with Crippen LogP contribution in [-0.4, -0.2) is 18.7 Å². The zero-order valence-electron chi connectivity index (χ0n) is 9.44. The van der Waals surface area contributed by atoms with Crippen LogP contribution >= 0.6 is 0 Å². The van der Waals surface area contributed by atoms with Crippen molar-refractivity contribution < 1.29 is 14.3 Å². The molecule has 0 amide bonds. The molecule has 0 bridgehead atoms. The van der Waals surface area contributed by atoms with Crippen LogP contribution in [0.2, 0.25) is 0 Å². The lowest BCUT2D eigenvalue weighted by Gasteiger charge is -2.04. The number of carbonyl (C=O) groups is 2. The van der Waals surface area contributed by atoms with Gasteiger partial charge in [-0.15, -0.1) is 0 Å². The van der Waals surface area contributed by atoms with E-state index in [-0.39, 0.29) is 5.78 Å². The molecule has 0 aliphatic carbocycles. The highest BCUT2D eigenvalue weighted by atomic mass is 16.5. The molecule has 0 radical (unpaired) electrons. The van der Waals surface area contributed by atoms with Gasteiger partial charge in [0, 0.05) is 18.4 Å². The highest BCUT2D eigenvalue weighted by molar-refractivity contribution is 5.96. The first-order chi connectivity index (χ1) is 7.77. The predicted octanol–water partition coefficient (Wildman–Crippen LogP) is 2.64. The highest BCUT2D eigenvalue weighted by Crippen LogP contribution is 2.14. The monoisotopic (exact) mass is 220 g/mol. The molecular weight excluding hydrogens is 204 g/mol. The standard InChI is InChI=1S/C13H16O3/c1-2-4-13(15)11-5-7-12(8-6-11)16-10-3-9-14/h5-9H,2-4,10H2,1H3. The van der Waals surface area contributed by atoms with E-state index in [9.17, 15) is 9.59 Å². The van der Waals surface area contributed by atoms with Crippen LogP contribution < -0.4 is 4.74 Å². The van der Waals surface area contributed by atoms with Gasteiger partial charge in [0.05, 0.1) is 6.61 Å². The minimum absolute atomic E-state index is 0.155. The number of aldehydes is 1. The Morgan fingerprint density at radius 3 is 2.56 bits per heavy atom. The number of rotatable bonds is 7. The van der Waals surface area contributed by atoms with E-state index in [0.29, 0.717) is 30.8 Å². The molecule has 0 atom stereocenters. The van der Waals surface area contributed by atoms with Crippen LogP contribution in [-0.2, 0) is 4.79 Å². The van der Waals surface area contributed by atoms with Crippen molar-refractivity contribution in [1.82, 2.24) is 0 Å². The van der Waals surface area contributed by atoms with Crippen molar-refractivity contribution >= 4 is 12.1 Å². The summed E-state index contributed by atoms with van der Waals surface area (Å²) < 4.78 is 5.30. The van der Waals surface area contributed by atoms with Crippen molar-refractivity contribution in [1.29, 1.82) is 0 Å². The molecule has 0 aliphatic rings. The highest BCUT2D eigenvalue weighted by Gasteiger charge is 2.04. The smallest absolute Gasteiger partial charge is 0.162 e. The predicted molar refractivity (Wildman–Crippen MR) is 61.9 cm³/mol. The lowest BCUT2D eigenvalue weighted by Crippen LogP contribution is -2.00. The summed E-state index contributed by atoms with van der Waals surface area (Å²) in [5.41, 5.74) is 0.713. The molecule has 1 rings (SSSR count). The number of carbonyl (C=O) groups excluding carboxylic acids is 2. The molecule has 0 N–H and O–H groups in total. The van der Waals surface area contributed by atoms with Crippen LogP contribution in [0.15, 0.2) is 24.3 Å². The fourth-order valence-corrected chi connectivity index (χ4v) is 1.33. The molecule has 0 heterocycles. The van der Waals surface area contributed by atoms with E-state index in [1.807, 2.05) is 6.92 Å². The largest absolute Gasteiger partial charge is 0.493 e. The Morgan fingerprint density at radius 2 is 2.00 bits per heavy atom. The number of ether oxygens (including phenoxy) is 1. The summed E-state index contributed by atoms with van der Waals surface area (Å²) in [5.74, 6) is 0.844. The molecule has 16 heavy (non-hydrogen) atoms. The molecule has 0 aromatic heterocycles. The Morgan fingerprint density at radius 1 is 1.31 bits per heavy atom. The van der Waals surface area contributed by atoms with E-state index in [0.717, 1.165) is 12.7 Å². The summed E-state index contributed by atoms with van der Waals surface area (Å²) in [4.78, 5) is 21.6. The quantitative estimate of drug-likeness (QED) is 0.403. The van der Waals surface area contributed by atoms with Gasteiger partial charge < -0.3 is 9.53 Å². The lowest BCUT2D eigenvalue weighted by atomic mass is 10.1. The van der Waals surface area contributed by atoms with Crippen molar-refractivity contribution in [3.05, 3.63) is 29.8 Å². The van der Waals surface area contributed by atoms with E-state index < -0.39 is 0 Å². The molecule has 0 saturated heterocycles. The Labute approximate surface area is 95.4 Å². The molecule has 0 unspecified atom stereocenters. The zero-order chi connectivity index (χ0) is 11.8. The molecule has 0 aliphatic heterocycles. The molecule has 86 valence electrons. The van der Waals surface area contributed by atoms with Crippen molar-refractivity contribution in [2.75, 3.05) is 6.61 Å². The van der Waals surface area contributed by atoms with E-state index in [1.165, 1.54) is 0 Å². The Balaban J connectivity index is 2.53. The molecule has 0 saturated carbocycles. The summed E-state index contributed by atoms with van der Waals surface area (Å²) in [6.45, 7) is 2.36. The van der Waals surface area contributed by atoms with E-state index in [1.54, 1.807) is 24.3 Å². The third-order valence-corrected chi connectivity index (χ3v) is 2.16. The minimum Gasteiger partial charge on any atom is -0.493 e. The maximum absolute atomic E-state index is 11.5. The SMILES string of the molecule is CCCC(=O)c1ccc(OCCC=O)cc1. The van der Waals surface area contributed by atoms with Gasteiger partial charge in [0.1, 0.15) is 12.0 Å². The third kappa shape index (κ3) is 3.85. The second-order valence-electron chi connectivity index (χ2n) is 3.50. The van der Waals surface area contributed by atoms with Crippen LogP contribution in [0.1, 0.15) is 36.5 Å². The fourth-order valence-electron chi connectivity index (χ4n) is 1.33. The van der Waals surface area contributed by atoms with Crippen LogP contribution in [0.5, 0.6) is 5.75 Å². The molecule has 0 spiro atoms. The first kappa shape index (κ1) is 12.4. The van der Waals surface area contributed by atoms with Gasteiger partial charge in [0.2, 0.25) is 0 Å². The van der Waals surface area contributed by atoms with E-state index >= 15 is 0 Å². The summed E-state index contributed by atoms with van der Waals surface area (Å²) in [5, 5.41) is 0. The number of hydrogen-bond donors (Lipinski definition) is 0. The van der Waals surface area contributed by atoms with E-state index in [2.05, 4.69) is 0 Å². The van der Waals surface area contributed by atoms with Crippen molar-refractivity contribution in [3.63, 3.8) is 0 Å². The zero-order valence-corrected chi connectivity index (χ0v) is 9.44. The van der Waals surface area contributed by atoms with Gasteiger partial charge in [0.15, 0.2) is 5.78 Å². The van der Waals surface area contributed by atoms with Gasteiger partial charge in [-0.05, 0) is 30.7 Å². The van der Waals surface area contributed by atoms with Gasteiger partial charge in [-0.25, -0.2) is 0 Å². The number of Topliss-reactive ketones (excluding diaryl/α,β-unsaturated/α-hetero) is 1. The van der Waals surface area contributed by atoms with Crippen molar-refractivity contribution in [2.24, 2.45) is 0 Å². The van der Waals surface area contributed by atoms with Gasteiger partial charge in [-0.3, -0.25) is 4.79 Å². The fraction of sp³-hybridized carbons (Fsp3) is 0.385. The number of benzene rings is 1. The summed E-state index contributed by atoms with van der Waals surface area (Å²) >= 11 is 0. The maximum Gasteiger partial charge on any atom is 0.162 e. The second kappa shape index (κ2) is 6.77. The van der Waals surface area contributed by atoms with Gasteiger partial charge in [-0.1, -0.05) is 6.92 Å². The second-order valence-corrected chi connectivity index (χ2v) is 3.50. The van der Waals surface area contributed by atoms with Crippen LogP contribution in [0, 0.1) is 0 Å². The normalized spacial score (nSPS) is 9.81. The topological polar surface area (TPSA) is 43.4 Å². The number of ketones is 1. The summed E-state index contributed by atoms with van der Waals surface area (Å²) in [6, 6.07) is 7.03. The molecular formula is C13H16O3. The first-order valence-corrected chi connectivity index (χ1v) is 5.47. The lowest BCUT2D eigenvalue weighted by molar-refractivity contribution is -0.108. The van der Waals surface area contributed by atoms with Gasteiger partial charge in [-0.2, -0.15) is 0 Å². The van der Waals surface area contributed by atoms with Crippen molar-refractivity contribution in [3.8, 4) is 5.75 Å². The molecule has 1 aromatic rings. The average molecular weight is 220 g/mol. The molecule has 1 aromatic carbocycles. The first-order valence-electron chi connectivity index (χ1n) is 5.47. The van der Waals surface area contributed by atoms with Gasteiger partial charge >= 0.3 is 0 Å². The molecule has 0 fully saturated rings. The van der Waals surface area contributed by atoms with E-state index in [4.69, 9.17) is 4.74 Å². The Hall–Kier alpha value is -1.64. The Kier molecular flexibility index (Phi) is 5.26. The summed E-state index contributed by atoms with van der Waals surface area (Å²) in [6.07, 6.45) is 2.64. The average Bonchev–Trinajstić information content (AvgIpc) is 2.30. The number of hydrogen-bond acceptors (Lipinski definition) is 3. The maximum atomic E-state index is 11.5. The summed E-state index contributed by atoms with van der Waals surface area (Å²) in [7, 11) is 0.